The Balaban J connectivity index is 2.29. The highest BCUT2D eigenvalue weighted by atomic mass is 16.6. The maximum absolute atomic E-state index is 11.2. The molecule has 0 radical (unpaired) electrons. The summed E-state index contributed by atoms with van der Waals surface area (Å²) in [5.74, 6) is -2.06. The van der Waals surface area contributed by atoms with E-state index in [1.807, 2.05) is 6.08 Å². The van der Waals surface area contributed by atoms with Crippen LogP contribution in [0.1, 0.15) is 64.7 Å². The average Bonchev–Trinajstić information content (AvgIpc) is 3.04. The number of unbranched alkanes of at least 4 members (excludes halogenated alkanes) is 1. The summed E-state index contributed by atoms with van der Waals surface area (Å²) in [4.78, 5) is 11.2. The van der Waals surface area contributed by atoms with Crippen LogP contribution in [0.3, 0.4) is 0 Å². The van der Waals surface area contributed by atoms with Gasteiger partial charge in [0.1, 0.15) is 0 Å². The molecule has 1 aliphatic rings. The smallest absolute Gasteiger partial charge is 0.366 e. The second-order valence-corrected chi connectivity index (χ2v) is 6.79. The zero-order chi connectivity index (χ0) is 18.5. The molecule has 0 aromatic rings. The van der Waals surface area contributed by atoms with Crippen molar-refractivity contribution in [2.24, 2.45) is 11.8 Å². The molecular weight excluding hydrogens is 316 g/mol. The SMILES string of the molecule is CC/C=C\CC/C=C/[C@H]1CCC[C@@H]1C/C=C\CCC(O)(O)C(=O)OC. The lowest BCUT2D eigenvalue weighted by atomic mass is 9.92. The Morgan fingerprint density at radius 3 is 2.52 bits per heavy atom. The fraction of sp³-hybridized carbons (Fsp3) is 0.667. The Morgan fingerprint density at radius 2 is 1.80 bits per heavy atom. The second kappa shape index (κ2) is 12.0. The molecule has 0 aliphatic heterocycles. The molecule has 1 aliphatic carbocycles. The zero-order valence-electron chi connectivity index (χ0n) is 15.7. The van der Waals surface area contributed by atoms with Crippen LogP contribution in [0.2, 0.25) is 0 Å². The molecule has 0 saturated heterocycles. The molecule has 4 nitrogen and oxygen atoms in total. The highest BCUT2D eigenvalue weighted by molar-refractivity contribution is 5.76. The normalized spacial score (nSPS) is 21.8. The van der Waals surface area contributed by atoms with Crippen molar-refractivity contribution in [3.05, 3.63) is 36.5 Å². The topological polar surface area (TPSA) is 66.8 Å². The summed E-state index contributed by atoms with van der Waals surface area (Å²) >= 11 is 0. The molecule has 0 unspecified atom stereocenters. The van der Waals surface area contributed by atoms with Gasteiger partial charge in [-0.25, -0.2) is 4.79 Å². The number of hydrogen-bond donors (Lipinski definition) is 2. The van der Waals surface area contributed by atoms with Crippen molar-refractivity contribution >= 4 is 5.97 Å². The summed E-state index contributed by atoms with van der Waals surface area (Å²) in [7, 11) is 1.15. The van der Waals surface area contributed by atoms with Gasteiger partial charge >= 0.3 is 5.97 Å². The van der Waals surface area contributed by atoms with Crippen molar-refractivity contribution in [2.75, 3.05) is 7.11 Å². The third-order valence-corrected chi connectivity index (χ3v) is 4.78. The van der Waals surface area contributed by atoms with Crippen molar-refractivity contribution < 1.29 is 19.7 Å². The van der Waals surface area contributed by atoms with Gasteiger partial charge in [0.15, 0.2) is 0 Å². The minimum Gasteiger partial charge on any atom is -0.465 e. The molecule has 142 valence electrons. The molecule has 0 aromatic heterocycles. The van der Waals surface area contributed by atoms with Gasteiger partial charge in [0.25, 0.3) is 5.79 Å². The fourth-order valence-corrected chi connectivity index (χ4v) is 3.30. The number of esters is 1. The van der Waals surface area contributed by atoms with E-state index in [2.05, 4.69) is 42.0 Å². The summed E-state index contributed by atoms with van der Waals surface area (Å²) < 4.78 is 4.36. The highest BCUT2D eigenvalue weighted by Gasteiger charge is 2.33. The first-order valence-corrected chi connectivity index (χ1v) is 9.51. The number of carbonyl (C=O) groups excluding carboxylic acids is 1. The van der Waals surface area contributed by atoms with Gasteiger partial charge in [-0.05, 0) is 56.8 Å². The Kier molecular flexibility index (Phi) is 10.4. The summed E-state index contributed by atoms with van der Waals surface area (Å²) in [5, 5.41) is 19.1. The Labute approximate surface area is 152 Å². The van der Waals surface area contributed by atoms with Gasteiger partial charge in [0.2, 0.25) is 0 Å². The van der Waals surface area contributed by atoms with Gasteiger partial charge in [-0.2, -0.15) is 0 Å². The van der Waals surface area contributed by atoms with Crippen LogP contribution in [0.5, 0.6) is 0 Å². The van der Waals surface area contributed by atoms with Gasteiger partial charge < -0.3 is 14.9 Å². The van der Waals surface area contributed by atoms with Gasteiger partial charge in [0, 0.05) is 6.42 Å². The number of rotatable bonds is 11. The third kappa shape index (κ3) is 8.50. The predicted octanol–water partition coefficient (Wildman–Crippen LogP) is 4.29. The van der Waals surface area contributed by atoms with E-state index >= 15 is 0 Å². The molecule has 1 fully saturated rings. The summed E-state index contributed by atoms with van der Waals surface area (Å²) in [6.45, 7) is 2.15. The van der Waals surface area contributed by atoms with Gasteiger partial charge in [-0.3, -0.25) is 0 Å². The van der Waals surface area contributed by atoms with Crippen LogP contribution in [-0.4, -0.2) is 29.1 Å². The largest absolute Gasteiger partial charge is 0.465 e. The lowest BCUT2D eigenvalue weighted by Crippen LogP contribution is -2.39. The van der Waals surface area contributed by atoms with E-state index in [-0.39, 0.29) is 6.42 Å². The summed E-state index contributed by atoms with van der Waals surface area (Å²) in [6.07, 6.45) is 21.7. The Hall–Kier alpha value is -1.39. The van der Waals surface area contributed by atoms with E-state index in [0.717, 1.165) is 32.8 Å². The number of hydrogen-bond acceptors (Lipinski definition) is 4. The zero-order valence-corrected chi connectivity index (χ0v) is 15.7. The maximum Gasteiger partial charge on any atom is 0.366 e. The Bertz CT molecular complexity index is 463. The van der Waals surface area contributed by atoms with Crippen molar-refractivity contribution in [3.63, 3.8) is 0 Å². The number of aliphatic hydroxyl groups is 2. The molecule has 0 amide bonds. The van der Waals surface area contributed by atoms with E-state index in [1.165, 1.54) is 19.3 Å². The van der Waals surface area contributed by atoms with Crippen LogP contribution in [-0.2, 0) is 9.53 Å². The van der Waals surface area contributed by atoms with Crippen LogP contribution in [0, 0.1) is 11.8 Å². The minimum absolute atomic E-state index is 0.0462. The van der Waals surface area contributed by atoms with E-state index in [9.17, 15) is 15.0 Å². The van der Waals surface area contributed by atoms with Crippen LogP contribution in [0.25, 0.3) is 0 Å². The van der Waals surface area contributed by atoms with Crippen molar-refractivity contribution in [2.45, 2.75) is 70.5 Å². The van der Waals surface area contributed by atoms with Gasteiger partial charge in [-0.15, -0.1) is 0 Å². The quantitative estimate of drug-likeness (QED) is 0.252. The number of carbonyl (C=O) groups is 1. The third-order valence-electron chi connectivity index (χ3n) is 4.78. The monoisotopic (exact) mass is 350 g/mol. The van der Waals surface area contributed by atoms with Crippen LogP contribution in [0.15, 0.2) is 36.5 Å². The average molecular weight is 350 g/mol. The maximum atomic E-state index is 11.2. The first-order valence-electron chi connectivity index (χ1n) is 9.51. The van der Waals surface area contributed by atoms with Crippen LogP contribution < -0.4 is 0 Å². The van der Waals surface area contributed by atoms with Crippen LogP contribution in [0.4, 0.5) is 0 Å². The molecule has 0 spiro atoms. The molecule has 0 heterocycles. The van der Waals surface area contributed by atoms with Crippen molar-refractivity contribution in [1.82, 2.24) is 0 Å². The first-order chi connectivity index (χ1) is 12.0. The van der Waals surface area contributed by atoms with E-state index in [1.54, 1.807) is 0 Å². The Morgan fingerprint density at radius 1 is 1.08 bits per heavy atom. The molecule has 0 bridgehead atoms. The van der Waals surface area contributed by atoms with Gasteiger partial charge in [0.05, 0.1) is 7.11 Å². The fourth-order valence-electron chi connectivity index (χ4n) is 3.30. The molecule has 1 saturated carbocycles. The van der Waals surface area contributed by atoms with Crippen molar-refractivity contribution in [3.8, 4) is 0 Å². The lowest BCUT2D eigenvalue weighted by Gasteiger charge is -2.17. The number of methoxy groups -OCH3 is 1. The molecule has 2 N–H and O–H groups in total. The second-order valence-electron chi connectivity index (χ2n) is 6.79. The predicted molar refractivity (Wildman–Crippen MR) is 101 cm³/mol. The lowest BCUT2D eigenvalue weighted by molar-refractivity contribution is -0.208. The first kappa shape index (κ1) is 21.7. The number of allylic oxidation sites excluding steroid dienone is 6. The van der Waals surface area contributed by atoms with Crippen molar-refractivity contribution in [1.29, 1.82) is 0 Å². The molecule has 4 heteroatoms. The molecular formula is C21H34O4. The van der Waals surface area contributed by atoms with Crippen LogP contribution >= 0.6 is 0 Å². The molecule has 25 heavy (non-hydrogen) atoms. The standard InChI is InChI=1S/C21H34O4/c1-3-4-5-6-7-9-13-18-15-12-16-19(18)14-10-8-11-17-21(23,24)20(22)25-2/h4-5,8-10,13,18-19,23-24H,3,6-7,11-12,14-17H2,1-2H3/b5-4-,10-8-,13-9+/t18-,19-/m0/s1. The molecule has 2 atom stereocenters. The van der Waals surface area contributed by atoms with Gasteiger partial charge in [-0.1, -0.05) is 49.8 Å². The molecule has 1 rings (SSSR count). The summed E-state index contributed by atoms with van der Waals surface area (Å²) in [6, 6.07) is 0. The summed E-state index contributed by atoms with van der Waals surface area (Å²) in [5.41, 5.74) is 0. The highest BCUT2D eigenvalue weighted by Crippen LogP contribution is 2.35. The number of ether oxygens (including phenoxy) is 1. The van der Waals surface area contributed by atoms with E-state index in [0.29, 0.717) is 18.3 Å². The molecule has 0 aromatic carbocycles. The van der Waals surface area contributed by atoms with E-state index < -0.39 is 11.8 Å². The van der Waals surface area contributed by atoms with E-state index in [4.69, 9.17) is 0 Å². The minimum atomic E-state index is -2.38.